The first-order valence-electron chi connectivity index (χ1n) is 4.54. The number of carboxylic acids is 1. The Morgan fingerprint density at radius 1 is 1.59 bits per heavy atom. The van der Waals surface area contributed by atoms with Crippen LogP contribution in [-0.2, 0) is 7.05 Å². The molecule has 2 heterocycles. The van der Waals surface area contributed by atoms with Crippen molar-refractivity contribution in [1.82, 2.24) is 9.55 Å². The molecule has 0 saturated heterocycles. The van der Waals surface area contributed by atoms with Crippen LogP contribution in [0, 0.1) is 0 Å². The molecule has 88 valence electrons. The van der Waals surface area contributed by atoms with Crippen molar-refractivity contribution in [2.75, 3.05) is 0 Å². The molecule has 0 fully saturated rings. The number of aromatic nitrogens is 2. The summed E-state index contributed by atoms with van der Waals surface area (Å²) in [4.78, 5) is 27.0. The summed E-state index contributed by atoms with van der Waals surface area (Å²) < 4.78 is 1.98. The Hall–Kier alpha value is -1.47. The SMILES string of the molecule is Cn1cc(C(=O)O)c(-c2cc(Br)cs2)nc1=O. The van der Waals surface area contributed by atoms with Crippen LogP contribution in [0.5, 0.6) is 0 Å². The fourth-order valence-electron chi connectivity index (χ4n) is 1.33. The maximum Gasteiger partial charge on any atom is 0.347 e. The van der Waals surface area contributed by atoms with E-state index in [1.807, 2.05) is 0 Å². The number of aromatic carboxylic acids is 1. The highest BCUT2D eigenvalue weighted by Crippen LogP contribution is 2.29. The molecule has 0 aliphatic heterocycles. The van der Waals surface area contributed by atoms with Crippen molar-refractivity contribution in [2.45, 2.75) is 0 Å². The number of aryl methyl sites for hydroxylation is 1. The molecule has 0 bridgehead atoms. The second kappa shape index (κ2) is 4.42. The summed E-state index contributed by atoms with van der Waals surface area (Å²) in [5, 5.41) is 10.9. The quantitative estimate of drug-likeness (QED) is 0.919. The van der Waals surface area contributed by atoms with Crippen LogP contribution in [0.4, 0.5) is 0 Å². The molecule has 0 saturated carbocycles. The standard InChI is InChI=1S/C10H7BrN2O3S/c1-13-3-6(9(14)15)8(12-10(13)16)7-2-5(11)4-17-7/h2-4H,1H3,(H,14,15). The number of hydrogen-bond acceptors (Lipinski definition) is 4. The zero-order valence-corrected chi connectivity index (χ0v) is 11.1. The third-order valence-corrected chi connectivity index (χ3v) is 3.82. The molecule has 0 unspecified atom stereocenters. The van der Waals surface area contributed by atoms with E-state index in [-0.39, 0.29) is 11.3 Å². The number of halogens is 1. The van der Waals surface area contributed by atoms with Crippen LogP contribution in [0.25, 0.3) is 10.6 Å². The van der Waals surface area contributed by atoms with Gasteiger partial charge >= 0.3 is 11.7 Å². The highest BCUT2D eigenvalue weighted by atomic mass is 79.9. The van der Waals surface area contributed by atoms with E-state index < -0.39 is 11.7 Å². The van der Waals surface area contributed by atoms with Crippen LogP contribution in [0.3, 0.4) is 0 Å². The average Bonchev–Trinajstić information content (AvgIpc) is 2.68. The van der Waals surface area contributed by atoms with Gasteiger partial charge in [-0.05, 0) is 22.0 Å². The molecule has 0 radical (unpaired) electrons. The van der Waals surface area contributed by atoms with Gasteiger partial charge in [0.15, 0.2) is 0 Å². The van der Waals surface area contributed by atoms with Crippen molar-refractivity contribution in [3.05, 3.63) is 38.2 Å². The van der Waals surface area contributed by atoms with Gasteiger partial charge in [-0.3, -0.25) is 0 Å². The normalized spacial score (nSPS) is 10.5. The van der Waals surface area contributed by atoms with Gasteiger partial charge in [-0.1, -0.05) is 0 Å². The summed E-state index contributed by atoms with van der Waals surface area (Å²) in [6.45, 7) is 0. The minimum Gasteiger partial charge on any atom is -0.478 e. The molecule has 2 aromatic rings. The largest absolute Gasteiger partial charge is 0.478 e. The smallest absolute Gasteiger partial charge is 0.347 e. The maximum absolute atomic E-state index is 11.4. The van der Waals surface area contributed by atoms with E-state index in [4.69, 9.17) is 5.11 Å². The van der Waals surface area contributed by atoms with Crippen molar-refractivity contribution < 1.29 is 9.90 Å². The van der Waals surface area contributed by atoms with Gasteiger partial charge in [-0.25, -0.2) is 9.59 Å². The maximum atomic E-state index is 11.4. The second-order valence-electron chi connectivity index (χ2n) is 3.33. The van der Waals surface area contributed by atoms with Gasteiger partial charge in [0, 0.05) is 23.1 Å². The topological polar surface area (TPSA) is 72.2 Å². The zero-order chi connectivity index (χ0) is 12.6. The first-order chi connectivity index (χ1) is 7.99. The van der Waals surface area contributed by atoms with E-state index in [0.29, 0.717) is 4.88 Å². The van der Waals surface area contributed by atoms with Crippen LogP contribution < -0.4 is 5.69 Å². The lowest BCUT2D eigenvalue weighted by molar-refractivity contribution is 0.0696. The van der Waals surface area contributed by atoms with Gasteiger partial charge in [-0.2, -0.15) is 4.98 Å². The number of hydrogen-bond donors (Lipinski definition) is 1. The highest BCUT2D eigenvalue weighted by Gasteiger charge is 2.16. The fraction of sp³-hybridized carbons (Fsp3) is 0.100. The molecule has 5 nitrogen and oxygen atoms in total. The molecule has 0 aliphatic carbocycles. The molecule has 17 heavy (non-hydrogen) atoms. The van der Waals surface area contributed by atoms with Crippen molar-refractivity contribution in [2.24, 2.45) is 7.05 Å². The van der Waals surface area contributed by atoms with Gasteiger partial charge in [0.2, 0.25) is 0 Å². The summed E-state index contributed by atoms with van der Waals surface area (Å²) in [5.74, 6) is -1.10. The minimum absolute atomic E-state index is 0.0152. The minimum atomic E-state index is -1.10. The van der Waals surface area contributed by atoms with Crippen molar-refractivity contribution >= 4 is 33.2 Å². The molecule has 2 aromatic heterocycles. The van der Waals surface area contributed by atoms with Crippen LogP contribution in [0.15, 0.2) is 26.9 Å². The Bertz CT molecular complexity index is 647. The molecule has 2 rings (SSSR count). The van der Waals surface area contributed by atoms with Crippen molar-refractivity contribution in [3.8, 4) is 10.6 Å². The van der Waals surface area contributed by atoms with Gasteiger partial charge in [-0.15, -0.1) is 11.3 Å². The monoisotopic (exact) mass is 314 g/mol. The Morgan fingerprint density at radius 2 is 2.29 bits per heavy atom. The van der Waals surface area contributed by atoms with Gasteiger partial charge in [0.1, 0.15) is 11.3 Å². The summed E-state index contributed by atoms with van der Waals surface area (Å²) in [5.41, 5.74) is -0.257. The van der Waals surface area contributed by atoms with Crippen molar-refractivity contribution in [3.63, 3.8) is 0 Å². The first-order valence-corrected chi connectivity index (χ1v) is 6.21. The first kappa shape index (κ1) is 12.0. The summed E-state index contributed by atoms with van der Waals surface area (Å²) in [7, 11) is 1.47. The summed E-state index contributed by atoms with van der Waals surface area (Å²) >= 11 is 4.60. The van der Waals surface area contributed by atoms with Crippen LogP contribution >= 0.6 is 27.3 Å². The number of carboxylic acid groups (broad SMARTS) is 1. The molecular formula is C10H7BrN2O3S. The Kier molecular flexibility index (Phi) is 3.12. The van der Waals surface area contributed by atoms with Crippen LogP contribution in [0.1, 0.15) is 10.4 Å². The van der Waals surface area contributed by atoms with E-state index in [2.05, 4.69) is 20.9 Å². The third-order valence-electron chi connectivity index (χ3n) is 2.12. The van der Waals surface area contributed by atoms with E-state index in [9.17, 15) is 9.59 Å². The fourth-order valence-corrected chi connectivity index (χ4v) is 2.76. The van der Waals surface area contributed by atoms with Crippen molar-refractivity contribution in [1.29, 1.82) is 0 Å². The van der Waals surface area contributed by atoms with E-state index >= 15 is 0 Å². The summed E-state index contributed by atoms with van der Waals surface area (Å²) in [6.07, 6.45) is 1.28. The molecule has 7 heteroatoms. The lowest BCUT2D eigenvalue weighted by Crippen LogP contribution is -2.22. The Labute approximate surface area is 108 Å². The predicted molar refractivity (Wildman–Crippen MR) is 67.5 cm³/mol. The number of thiophene rings is 1. The Morgan fingerprint density at radius 3 is 2.82 bits per heavy atom. The molecule has 0 aromatic carbocycles. The number of nitrogens with zero attached hydrogens (tertiary/aromatic N) is 2. The molecule has 0 atom stereocenters. The predicted octanol–water partition coefficient (Wildman–Crippen LogP) is 1.97. The van der Waals surface area contributed by atoms with E-state index in [0.717, 1.165) is 9.04 Å². The van der Waals surface area contributed by atoms with E-state index in [1.54, 1.807) is 11.4 Å². The van der Waals surface area contributed by atoms with Gasteiger partial charge in [0.05, 0.1) is 4.88 Å². The van der Waals surface area contributed by atoms with Crippen LogP contribution in [-0.4, -0.2) is 20.6 Å². The second-order valence-corrected chi connectivity index (χ2v) is 5.16. The summed E-state index contributed by atoms with van der Waals surface area (Å²) in [6, 6.07) is 1.74. The van der Waals surface area contributed by atoms with Crippen LogP contribution in [0.2, 0.25) is 0 Å². The van der Waals surface area contributed by atoms with Gasteiger partial charge < -0.3 is 9.67 Å². The van der Waals surface area contributed by atoms with Gasteiger partial charge in [0.25, 0.3) is 0 Å². The molecule has 0 amide bonds. The highest BCUT2D eigenvalue weighted by molar-refractivity contribution is 9.10. The third kappa shape index (κ3) is 2.29. The molecular weight excluding hydrogens is 308 g/mol. The van der Waals surface area contributed by atoms with E-state index in [1.165, 1.54) is 24.6 Å². The number of carbonyl (C=O) groups is 1. The molecule has 0 spiro atoms. The lowest BCUT2D eigenvalue weighted by Gasteiger charge is -2.04. The average molecular weight is 315 g/mol. The zero-order valence-electron chi connectivity index (χ0n) is 8.68. The lowest BCUT2D eigenvalue weighted by atomic mass is 10.2. The Balaban J connectivity index is 2.71. The molecule has 0 aliphatic rings. The number of rotatable bonds is 2. The molecule has 1 N–H and O–H groups in total.